The molecule has 1 aromatic heterocycles. The van der Waals surface area contributed by atoms with Crippen LogP contribution in [-0.2, 0) is 6.42 Å². The molecule has 2 heterocycles. The van der Waals surface area contributed by atoms with Gasteiger partial charge in [-0.05, 0) is 37.4 Å². The molecule has 0 aliphatic carbocycles. The predicted molar refractivity (Wildman–Crippen MR) is 110 cm³/mol. The van der Waals surface area contributed by atoms with E-state index < -0.39 is 5.63 Å². The van der Waals surface area contributed by atoms with E-state index in [0.717, 1.165) is 40.1 Å². The lowest BCUT2D eigenvalue weighted by molar-refractivity contribution is 0.174. The van der Waals surface area contributed by atoms with Gasteiger partial charge in [0.2, 0.25) is 12.5 Å². The smallest absolute Gasteiger partial charge is 0.348 e. The standard InChI is InChI=1S/C22H21NO6/c1-23(2)8-7-13-12-6-5-11-9-14-19(28-10-27-14)17-15(11)16(12)20(29-22(17)24)21(26-4)18(13)25-3/h5-6,9H,7-8,10H2,1-4H3. The third kappa shape index (κ3) is 2.43. The van der Waals surface area contributed by atoms with E-state index in [2.05, 4.69) is 4.90 Å². The summed E-state index contributed by atoms with van der Waals surface area (Å²) in [6.07, 6.45) is 0.753. The summed E-state index contributed by atoms with van der Waals surface area (Å²) < 4.78 is 28.3. The molecule has 0 unspecified atom stereocenters. The Morgan fingerprint density at radius 1 is 1.03 bits per heavy atom. The van der Waals surface area contributed by atoms with Crippen molar-refractivity contribution in [3.8, 4) is 23.0 Å². The van der Waals surface area contributed by atoms with Crippen LogP contribution in [0.2, 0.25) is 0 Å². The maximum Gasteiger partial charge on any atom is 0.348 e. The second-order valence-corrected chi connectivity index (χ2v) is 7.39. The van der Waals surface area contributed by atoms with Crippen LogP contribution in [-0.4, -0.2) is 46.6 Å². The molecule has 0 amide bonds. The Hall–Kier alpha value is -3.19. The highest BCUT2D eigenvalue weighted by atomic mass is 16.7. The number of hydrogen-bond acceptors (Lipinski definition) is 7. The van der Waals surface area contributed by atoms with Gasteiger partial charge in [0.25, 0.3) is 0 Å². The minimum absolute atomic E-state index is 0.0853. The van der Waals surface area contributed by atoms with Crippen LogP contribution in [0.5, 0.6) is 23.0 Å². The maximum absolute atomic E-state index is 13.0. The quantitative estimate of drug-likeness (QED) is 0.379. The van der Waals surface area contributed by atoms with Gasteiger partial charge in [0.05, 0.1) is 14.2 Å². The lowest BCUT2D eigenvalue weighted by atomic mass is 9.92. The van der Waals surface area contributed by atoms with E-state index in [1.165, 1.54) is 0 Å². The van der Waals surface area contributed by atoms with Crippen LogP contribution in [0.15, 0.2) is 27.4 Å². The molecular weight excluding hydrogens is 374 g/mol. The van der Waals surface area contributed by atoms with Gasteiger partial charge in [0.15, 0.2) is 22.8 Å². The molecule has 0 spiro atoms. The molecular formula is C22H21NO6. The summed E-state index contributed by atoms with van der Waals surface area (Å²) >= 11 is 0. The molecule has 150 valence electrons. The maximum atomic E-state index is 13.0. The average Bonchev–Trinajstić information content (AvgIpc) is 3.17. The van der Waals surface area contributed by atoms with Crippen LogP contribution < -0.4 is 24.6 Å². The number of rotatable bonds is 5. The first-order valence-electron chi connectivity index (χ1n) is 9.37. The molecule has 5 rings (SSSR count). The minimum atomic E-state index is -0.487. The van der Waals surface area contributed by atoms with E-state index in [1.807, 2.05) is 32.3 Å². The molecule has 0 saturated heterocycles. The minimum Gasteiger partial charge on any atom is -0.492 e. The van der Waals surface area contributed by atoms with Crippen LogP contribution in [0.3, 0.4) is 0 Å². The Bertz CT molecular complexity index is 1310. The third-order valence-corrected chi connectivity index (χ3v) is 5.50. The Balaban J connectivity index is 1.99. The highest BCUT2D eigenvalue weighted by molar-refractivity contribution is 6.25. The number of hydrogen-bond donors (Lipinski definition) is 0. The second-order valence-electron chi connectivity index (χ2n) is 7.39. The SMILES string of the molecule is COc1c(CCN(C)C)c2ccc3cc4c(c5c(=O)oc(c1OC)c2c35)OCO4. The monoisotopic (exact) mass is 395 g/mol. The lowest BCUT2D eigenvalue weighted by Crippen LogP contribution is -2.16. The van der Waals surface area contributed by atoms with Gasteiger partial charge < -0.3 is 28.3 Å². The van der Waals surface area contributed by atoms with Crippen LogP contribution in [0.1, 0.15) is 5.56 Å². The zero-order valence-electron chi connectivity index (χ0n) is 16.8. The highest BCUT2D eigenvalue weighted by Crippen LogP contribution is 2.49. The van der Waals surface area contributed by atoms with E-state index in [9.17, 15) is 4.79 Å². The molecule has 0 atom stereocenters. The van der Waals surface area contributed by atoms with Gasteiger partial charge in [0, 0.05) is 22.9 Å². The molecule has 0 fully saturated rings. The number of benzene rings is 3. The largest absolute Gasteiger partial charge is 0.492 e. The number of likely N-dealkylation sites (N-methyl/N-ethyl adjacent to an activating group) is 1. The summed E-state index contributed by atoms with van der Waals surface area (Å²) in [5.41, 5.74) is 0.911. The zero-order valence-corrected chi connectivity index (χ0v) is 16.8. The Morgan fingerprint density at radius 2 is 1.83 bits per heavy atom. The normalized spacial score (nSPS) is 13.3. The van der Waals surface area contributed by atoms with Crippen molar-refractivity contribution in [3.63, 3.8) is 0 Å². The van der Waals surface area contributed by atoms with Crippen molar-refractivity contribution in [2.75, 3.05) is 41.7 Å². The van der Waals surface area contributed by atoms with E-state index >= 15 is 0 Å². The molecule has 0 saturated carbocycles. The molecule has 3 aromatic carbocycles. The van der Waals surface area contributed by atoms with Crippen LogP contribution in [0.4, 0.5) is 0 Å². The summed E-state index contributed by atoms with van der Waals surface area (Å²) in [6.45, 7) is 0.918. The van der Waals surface area contributed by atoms with E-state index in [0.29, 0.717) is 34.0 Å². The van der Waals surface area contributed by atoms with Crippen molar-refractivity contribution >= 4 is 32.5 Å². The molecule has 7 nitrogen and oxygen atoms in total. The fraction of sp³-hybridized carbons (Fsp3) is 0.318. The second kappa shape index (κ2) is 6.42. The van der Waals surface area contributed by atoms with Crippen LogP contribution in [0, 0.1) is 0 Å². The van der Waals surface area contributed by atoms with Crippen LogP contribution >= 0.6 is 0 Å². The molecule has 29 heavy (non-hydrogen) atoms. The van der Waals surface area contributed by atoms with Crippen molar-refractivity contribution in [1.29, 1.82) is 0 Å². The van der Waals surface area contributed by atoms with E-state index in [1.54, 1.807) is 14.2 Å². The fourth-order valence-electron chi connectivity index (χ4n) is 4.24. The van der Waals surface area contributed by atoms with Crippen molar-refractivity contribution in [3.05, 3.63) is 34.2 Å². The first-order valence-corrected chi connectivity index (χ1v) is 9.37. The summed E-state index contributed by atoms with van der Waals surface area (Å²) in [5.74, 6) is 2.01. The molecule has 1 aliphatic rings. The topological polar surface area (TPSA) is 70.4 Å². The molecule has 1 aliphatic heterocycles. The lowest BCUT2D eigenvalue weighted by Gasteiger charge is -2.20. The van der Waals surface area contributed by atoms with Gasteiger partial charge in [-0.1, -0.05) is 12.1 Å². The molecule has 7 heteroatoms. The van der Waals surface area contributed by atoms with Gasteiger partial charge in [-0.3, -0.25) is 0 Å². The number of nitrogens with zero attached hydrogens (tertiary/aromatic N) is 1. The summed E-state index contributed by atoms with van der Waals surface area (Å²) in [5, 5.41) is 3.89. The van der Waals surface area contributed by atoms with E-state index in [4.69, 9.17) is 23.4 Å². The van der Waals surface area contributed by atoms with Gasteiger partial charge in [-0.25, -0.2) is 4.79 Å². The third-order valence-electron chi connectivity index (χ3n) is 5.50. The summed E-state index contributed by atoms with van der Waals surface area (Å²) in [4.78, 5) is 15.1. The molecule has 0 bridgehead atoms. The van der Waals surface area contributed by atoms with E-state index in [-0.39, 0.29) is 6.79 Å². The zero-order chi connectivity index (χ0) is 20.3. The van der Waals surface area contributed by atoms with Crippen molar-refractivity contribution in [1.82, 2.24) is 4.90 Å². The summed E-state index contributed by atoms with van der Waals surface area (Å²) in [6, 6.07) is 5.94. The predicted octanol–water partition coefficient (Wildman–Crippen LogP) is 3.39. The van der Waals surface area contributed by atoms with Gasteiger partial charge in [0.1, 0.15) is 5.39 Å². The van der Waals surface area contributed by atoms with Gasteiger partial charge >= 0.3 is 5.63 Å². The van der Waals surface area contributed by atoms with Crippen molar-refractivity contribution in [2.24, 2.45) is 0 Å². The number of ether oxygens (including phenoxy) is 4. The molecule has 0 N–H and O–H groups in total. The first kappa shape index (κ1) is 17.9. The van der Waals surface area contributed by atoms with Crippen LogP contribution in [0.25, 0.3) is 32.5 Å². The van der Waals surface area contributed by atoms with Crippen molar-refractivity contribution in [2.45, 2.75) is 6.42 Å². The number of methoxy groups -OCH3 is 2. The molecule has 0 radical (unpaired) electrons. The van der Waals surface area contributed by atoms with Gasteiger partial charge in [-0.15, -0.1) is 0 Å². The Kier molecular flexibility index (Phi) is 3.96. The summed E-state index contributed by atoms with van der Waals surface area (Å²) in [7, 11) is 7.21. The average molecular weight is 395 g/mol. The highest BCUT2D eigenvalue weighted by Gasteiger charge is 2.28. The van der Waals surface area contributed by atoms with Gasteiger partial charge in [-0.2, -0.15) is 0 Å². The Morgan fingerprint density at radius 3 is 2.55 bits per heavy atom. The van der Waals surface area contributed by atoms with Crippen molar-refractivity contribution < 1.29 is 23.4 Å². The number of fused-ring (bicyclic) bond motifs is 2. The molecule has 4 aromatic rings. The fourth-order valence-corrected chi connectivity index (χ4v) is 4.24. The Labute approximate surface area is 166 Å². The first-order chi connectivity index (χ1) is 14.0.